The summed E-state index contributed by atoms with van der Waals surface area (Å²) in [5.41, 5.74) is 1.66. The standard InChI is InChI=1S/C18H23NO3S/c1-23-15-9-5-8-13-11-19(17(20)16(13)15)14(18(21)22)10-12-6-3-2-4-7-12/h5,8-9,12,14H,2-4,6-7,10-11H2,1H3,(H,21,22)/t14-/m0/s1. The number of hydrogen-bond acceptors (Lipinski definition) is 3. The molecule has 2 aliphatic rings. The Balaban J connectivity index is 1.81. The number of benzene rings is 1. The largest absolute Gasteiger partial charge is 0.480 e. The van der Waals surface area contributed by atoms with Gasteiger partial charge in [-0.05, 0) is 30.2 Å². The first-order valence-electron chi connectivity index (χ1n) is 8.31. The Hall–Kier alpha value is -1.49. The smallest absolute Gasteiger partial charge is 0.326 e. The number of carbonyl (C=O) groups is 2. The first kappa shape index (κ1) is 16.4. The summed E-state index contributed by atoms with van der Waals surface area (Å²) >= 11 is 1.54. The van der Waals surface area contributed by atoms with Crippen LogP contribution in [0.4, 0.5) is 0 Å². The molecule has 0 spiro atoms. The molecule has 1 fully saturated rings. The number of nitrogens with zero attached hydrogens (tertiary/aromatic N) is 1. The topological polar surface area (TPSA) is 57.6 Å². The number of carboxylic acids is 1. The molecule has 0 aromatic heterocycles. The van der Waals surface area contributed by atoms with E-state index in [1.807, 2.05) is 24.5 Å². The lowest BCUT2D eigenvalue weighted by atomic mass is 9.84. The third-order valence-electron chi connectivity index (χ3n) is 5.09. The van der Waals surface area contributed by atoms with Crippen molar-refractivity contribution in [3.8, 4) is 0 Å². The molecule has 0 radical (unpaired) electrons. The highest BCUT2D eigenvalue weighted by atomic mass is 32.2. The van der Waals surface area contributed by atoms with E-state index in [2.05, 4.69) is 0 Å². The molecule has 0 bridgehead atoms. The molecular weight excluding hydrogens is 310 g/mol. The molecule has 3 rings (SSSR count). The summed E-state index contributed by atoms with van der Waals surface area (Å²) in [4.78, 5) is 27.1. The fourth-order valence-electron chi connectivity index (χ4n) is 3.87. The Morgan fingerprint density at radius 2 is 2.09 bits per heavy atom. The van der Waals surface area contributed by atoms with E-state index >= 15 is 0 Å². The van der Waals surface area contributed by atoms with Gasteiger partial charge in [0.15, 0.2) is 0 Å². The van der Waals surface area contributed by atoms with Crippen molar-refractivity contribution < 1.29 is 14.7 Å². The van der Waals surface area contributed by atoms with Gasteiger partial charge >= 0.3 is 5.97 Å². The van der Waals surface area contributed by atoms with Crippen molar-refractivity contribution in [1.29, 1.82) is 0 Å². The van der Waals surface area contributed by atoms with Crippen molar-refractivity contribution in [1.82, 2.24) is 4.90 Å². The van der Waals surface area contributed by atoms with E-state index in [4.69, 9.17) is 0 Å². The van der Waals surface area contributed by atoms with Crippen LogP contribution in [0.25, 0.3) is 0 Å². The van der Waals surface area contributed by atoms with Gasteiger partial charge in [0.2, 0.25) is 0 Å². The molecule has 0 unspecified atom stereocenters. The molecule has 4 nitrogen and oxygen atoms in total. The second kappa shape index (κ2) is 6.95. The molecule has 1 aromatic carbocycles. The van der Waals surface area contributed by atoms with E-state index in [1.165, 1.54) is 19.3 Å². The molecule has 1 N–H and O–H groups in total. The Kier molecular flexibility index (Phi) is 4.95. The minimum absolute atomic E-state index is 0.117. The van der Waals surface area contributed by atoms with Gasteiger partial charge in [-0.3, -0.25) is 4.79 Å². The molecule has 1 heterocycles. The second-order valence-corrected chi connectivity index (χ2v) is 7.37. The lowest BCUT2D eigenvalue weighted by molar-refractivity contribution is -0.143. The minimum atomic E-state index is -0.873. The van der Waals surface area contributed by atoms with Crippen molar-refractivity contribution in [3.05, 3.63) is 29.3 Å². The van der Waals surface area contributed by atoms with Crippen LogP contribution in [0.3, 0.4) is 0 Å². The first-order valence-corrected chi connectivity index (χ1v) is 9.54. The molecule has 1 saturated carbocycles. The van der Waals surface area contributed by atoms with Crippen LogP contribution in [0.1, 0.15) is 54.4 Å². The third-order valence-corrected chi connectivity index (χ3v) is 5.87. The molecule has 124 valence electrons. The summed E-state index contributed by atoms with van der Waals surface area (Å²) < 4.78 is 0. The zero-order valence-electron chi connectivity index (χ0n) is 13.5. The zero-order chi connectivity index (χ0) is 16.4. The number of amides is 1. The molecule has 1 amide bonds. The summed E-state index contributed by atoms with van der Waals surface area (Å²) in [5.74, 6) is -0.558. The van der Waals surface area contributed by atoms with Crippen molar-refractivity contribution >= 4 is 23.6 Å². The summed E-state index contributed by atoms with van der Waals surface area (Å²) in [6, 6.07) is 5.11. The Labute approximate surface area is 141 Å². The van der Waals surface area contributed by atoms with Crippen molar-refractivity contribution in [2.45, 2.75) is 56.0 Å². The van der Waals surface area contributed by atoms with Gasteiger partial charge in [-0.2, -0.15) is 0 Å². The van der Waals surface area contributed by atoms with E-state index in [9.17, 15) is 14.7 Å². The van der Waals surface area contributed by atoms with Crippen LogP contribution in [-0.2, 0) is 11.3 Å². The highest BCUT2D eigenvalue weighted by Crippen LogP contribution is 2.35. The number of thioether (sulfide) groups is 1. The first-order chi connectivity index (χ1) is 11.1. The average molecular weight is 333 g/mol. The molecule has 1 atom stereocenters. The molecule has 1 aromatic rings. The predicted octanol–water partition coefficient (Wildman–Crippen LogP) is 3.79. The predicted molar refractivity (Wildman–Crippen MR) is 90.7 cm³/mol. The van der Waals surface area contributed by atoms with Gasteiger partial charge < -0.3 is 10.0 Å². The van der Waals surface area contributed by atoms with Crippen LogP contribution in [0.15, 0.2) is 23.1 Å². The average Bonchev–Trinajstić information content (AvgIpc) is 2.90. The summed E-state index contributed by atoms with van der Waals surface area (Å²) in [6.07, 6.45) is 8.33. The fourth-order valence-corrected chi connectivity index (χ4v) is 4.51. The maximum atomic E-state index is 12.8. The number of fused-ring (bicyclic) bond motifs is 1. The Morgan fingerprint density at radius 3 is 2.74 bits per heavy atom. The van der Waals surface area contributed by atoms with Gasteiger partial charge in [0, 0.05) is 11.4 Å². The van der Waals surface area contributed by atoms with Crippen molar-refractivity contribution in [2.75, 3.05) is 6.26 Å². The summed E-state index contributed by atoms with van der Waals surface area (Å²) in [6.45, 7) is 0.423. The van der Waals surface area contributed by atoms with Gasteiger partial charge in [0.05, 0.1) is 5.56 Å². The van der Waals surface area contributed by atoms with Crippen LogP contribution in [0.2, 0.25) is 0 Å². The number of hydrogen-bond donors (Lipinski definition) is 1. The number of aliphatic carboxylic acids is 1. The quantitative estimate of drug-likeness (QED) is 0.833. The zero-order valence-corrected chi connectivity index (χ0v) is 14.3. The maximum absolute atomic E-state index is 12.8. The van der Waals surface area contributed by atoms with E-state index in [0.29, 0.717) is 24.4 Å². The number of carbonyl (C=O) groups excluding carboxylic acids is 1. The fraction of sp³-hybridized carbons (Fsp3) is 0.556. The molecule has 1 aliphatic heterocycles. The molecule has 1 aliphatic carbocycles. The van der Waals surface area contributed by atoms with E-state index in [-0.39, 0.29) is 5.91 Å². The SMILES string of the molecule is CSc1cccc2c1C(=O)N([C@@H](CC1CCCCC1)C(=O)O)C2. The van der Waals surface area contributed by atoms with Crippen LogP contribution in [0.5, 0.6) is 0 Å². The lowest BCUT2D eigenvalue weighted by Gasteiger charge is -2.29. The van der Waals surface area contributed by atoms with Crippen LogP contribution < -0.4 is 0 Å². The highest BCUT2D eigenvalue weighted by molar-refractivity contribution is 7.98. The highest BCUT2D eigenvalue weighted by Gasteiger charge is 2.38. The molecule has 0 saturated heterocycles. The molecule has 23 heavy (non-hydrogen) atoms. The van der Waals surface area contributed by atoms with Crippen molar-refractivity contribution in [2.24, 2.45) is 5.92 Å². The van der Waals surface area contributed by atoms with E-state index in [1.54, 1.807) is 16.7 Å². The summed E-state index contributed by atoms with van der Waals surface area (Å²) in [5, 5.41) is 9.69. The van der Waals surface area contributed by atoms with Crippen molar-refractivity contribution in [3.63, 3.8) is 0 Å². The van der Waals surface area contributed by atoms with Gasteiger partial charge in [-0.1, -0.05) is 44.2 Å². The monoisotopic (exact) mass is 333 g/mol. The molecule has 5 heteroatoms. The lowest BCUT2D eigenvalue weighted by Crippen LogP contribution is -2.42. The van der Waals surface area contributed by atoms with Crippen LogP contribution in [0, 0.1) is 5.92 Å². The van der Waals surface area contributed by atoms with Gasteiger partial charge in [0.25, 0.3) is 5.91 Å². The Morgan fingerprint density at radius 1 is 1.35 bits per heavy atom. The summed E-state index contributed by atoms with van der Waals surface area (Å²) in [7, 11) is 0. The Bertz CT molecular complexity index is 610. The minimum Gasteiger partial charge on any atom is -0.480 e. The van der Waals surface area contributed by atoms with Gasteiger partial charge in [-0.15, -0.1) is 11.8 Å². The van der Waals surface area contributed by atoms with Crippen LogP contribution >= 0.6 is 11.8 Å². The third kappa shape index (κ3) is 3.25. The van der Waals surface area contributed by atoms with Gasteiger partial charge in [0.1, 0.15) is 6.04 Å². The van der Waals surface area contributed by atoms with Crippen LogP contribution in [-0.4, -0.2) is 34.2 Å². The maximum Gasteiger partial charge on any atom is 0.326 e. The number of carboxylic acid groups (broad SMARTS) is 1. The van der Waals surface area contributed by atoms with Gasteiger partial charge in [-0.25, -0.2) is 4.79 Å². The molecular formula is C18H23NO3S. The van der Waals surface area contributed by atoms with E-state index in [0.717, 1.165) is 23.3 Å². The normalized spacial score (nSPS) is 19.7. The second-order valence-electron chi connectivity index (χ2n) is 6.52. The van der Waals surface area contributed by atoms with E-state index < -0.39 is 12.0 Å². The number of rotatable bonds is 5.